The quantitative estimate of drug-likeness (QED) is 0.703. The van der Waals surface area contributed by atoms with Crippen LogP contribution in [0.5, 0.6) is 5.75 Å². The van der Waals surface area contributed by atoms with Crippen molar-refractivity contribution >= 4 is 21.1 Å². The third kappa shape index (κ3) is 3.19. The molecule has 7 nitrogen and oxygen atoms in total. The Kier molecular flexibility index (Phi) is 4.41. The lowest BCUT2D eigenvalue weighted by molar-refractivity contribution is 0.414. The highest BCUT2D eigenvalue weighted by Crippen LogP contribution is 2.15. The van der Waals surface area contributed by atoms with E-state index in [0.29, 0.717) is 5.75 Å². The van der Waals surface area contributed by atoms with Crippen molar-refractivity contribution in [2.24, 2.45) is 0 Å². The van der Waals surface area contributed by atoms with Gasteiger partial charge in [0, 0.05) is 13.1 Å². The van der Waals surface area contributed by atoms with Gasteiger partial charge in [0.05, 0.1) is 23.0 Å². The van der Waals surface area contributed by atoms with Crippen molar-refractivity contribution in [1.82, 2.24) is 14.3 Å². The first kappa shape index (κ1) is 16.3. The van der Waals surface area contributed by atoms with Crippen LogP contribution in [0.4, 0.5) is 0 Å². The number of hydrogen-bond donors (Lipinski definition) is 2. The predicted molar refractivity (Wildman–Crippen MR) is 90.7 cm³/mol. The van der Waals surface area contributed by atoms with Gasteiger partial charge in [-0.2, -0.15) is 0 Å². The van der Waals surface area contributed by atoms with Crippen molar-refractivity contribution in [3.05, 3.63) is 59.0 Å². The monoisotopic (exact) mass is 347 g/mol. The molecule has 3 aromatic rings. The first-order valence-corrected chi connectivity index (χ1v) is 8.81. The summed E-state index contributed by atoms with van der Waals surface area (Å²) in [6.07, 6.45) is 0. The highest BCUT2D eigenvalue weighted by Gasteiger charge is 2.14. The highest BCUT2D eigenvalue weighted by atomic mass is 32.2. The zero-order valence-corrected chi connectivity index (χ0v) is 13.8. The number of fused-ring (bicyclic) bond motifs is 1. The second-order valence-corrected chi connectivity index (χ2v) is 6.94. The predicted octanol–water partition coefficient (Wildman–Crippen LogP) is 1.32. The van der Waals surface area contributed by atoms with Crippen molar-refractivity contribution in [3.63, 3.8) is 0 Å². The summed E-state index contributed by atoms with van der Waals surface area (Å²) in [6, 6.07) is 13.4. The van der Waals surface area contributed by atoms with Crippen molar-refractivity contribution in [1.29, 1.82) is 0 Å². The van der Waals surface area contributed by atoms with Crippen LogP contribution in [0.1, 0.15) is 0 Å². The molecule has 0 unspecified atom stereocenters. The minimum atomic E-state index is -3.64. The van der Waals surface area contributed by atoms with Gasteiger partial charge >= 0.3 is 5.69 Å². The molecule has 2 N–H and O–H groups in total. The van der Waals surface area contributed by atoms with E-state index in [1.54, 1.807) is 18.2 Å². The number of ether oxygens (including phenoxy) is 1. The Balaban J connectivity index is 1.72. The molecule has 0 aliphatic carbocycles. The molecule has 8 heteroatoms. The summed E-state index contributed by atoms with van der Waals surface area (Å²) in [7, 11) is -2.12. The third-order valence-electron chi connectivity index (χ3n) is 3.68. The van der Waals surface area contributed by atoms with Gasteiger partial charge in [-0.05, 0) is 36.4 Å². The van der Waals surface area contributed by atoms with Crippen LogP contribution in [-0.4, -0.2) is 31.6 Å². The van der Waals surface area contributed by atoms with E-state index in [1.807, 2.05) is 18.2 Å². The lowest BCUT2D eigenvalue weighted by Crippen LogP contribution is -2.30. The van der Waals surface area contributed by atoms with Gasteiger partial charge < -0.3 is 9.72 Å². The van der Waals surface area contributed by atoms with Crippen molar-refractivity contribution in [2.75, 3.05) is 13.7 Å². The maximum atomic E-state index is 12.3. The minimum absolute atomic E-state index is 0.107. The largest absolute Gasteiger partial charge is 0.497 e. The summed E-state index contributed by atoms with van der Waals surface area (Å²) < 4.78 is 33.5. The number of hydrogen-bond acceptors (Lipinski definition) is 4. The molecule has 1 aromatic heterocycles. The van der Waals surface area contributed by atoms with Gasteiger partial charge in [-0.15, -0.1) is 0 Å². The van der Waals surface area contributed by atoms with Gasteiger partial charge in [-0.3, -0.25) is 4.57 Å². The summed E-state index contributed by atoms with van der Waals surface area (Å²) in [5.41, 5.74) is 1.20. The number of methoxy groups -OCH3 is 1. The molecule has 0 spiro atoms. The molecule has 0 saturated carbocycles. The average Bonchev–Trinajstić information content (AvgIpc) is 2.90. The van der Waals surface area contributed by atoms with E-state index in [2.05, 4.69) is 9.71 Å². The van der Waals surface area contributed by atoms with E-state index in [1.165, 1.54) is 23.8 Å². The van der Waals surface area contributed by atoms with E-state index in [9.17, 15) is 13.2 Å². The average molecular weight is 347 g/mol. The molecule has 0 aliphatic heterocycles. The Morgan fingerprint density at radius 1 is 1.12 bits per heavy atom. The maximum absolute atomic E-state index is 12.3. The molecular weight excluding hydrogens is 330 g/mol. The SMILES string of the molecule is COc1ccc(S(=O)(=O)NCCn2c(=O)[nH]c3ccccc32)cc1. The molecule has 0 radical (unpaired) electrons. The molecule has 1 heterocycles. The van der Waals surface area contributed by atoms with Crippen LogP contribution in [0.15, 0.2) is 58.2 Å². The molecular formula is C16H17N3O4S. The Morgan fingerprint density at radius 2 is 1.83 bits per heavy atom. The molecule has 2 aromatic carbocycles. The van der Waals surface area contributed by atoms with Crippen LogP contribution in [0, 0.1) is 0 Å². The topological polar surface area (TPSA) is 93.2 Å². The number of nitrogens with zero attached hydrogens (tertiary/aromatic N) is 1. The van der Waals surface area contributed by atoms with E-state index in [4.69, 9.17) is 4.74 Å². The number of sulfonamides is 1. The maximum Gasteiger partial charge on any atom is 0.326 e. The lowest BCUT2D eigenvalue weighted by atomic mass is 10.3. The second kappa shape index (κ2) is 6.50. The molecule has 0 saturated heterocycles. The molecule has 0 atom stereocenters. The van der Waals surface area contributed by atoms with Crippen LogP contribution in [0.2, 0.25) is 0 Å². The second-order valence-electron chi connectivity index (χ2n) is 5.17. The number of rotatable bonds is 6. The number of benzene rings is 2. The van der Waals surface area contributed by atoms with Gasteiger partial charge in [0.2, 0.25) is 10.0 Å². The van der Waals surface area contributed by atoms with Crippen LogP contribution in [-0.2, 0) is 16.6 Å². The Morgan fingerprint density at radius 3 is 2.54 bits per heavy atom. The number of aromatic amines is 1. The molecule has 0 aliphatic rings. The number of aromatic nitrogens is 2. The Bertz CT molecular complexity index is 1000. The summed E-state index contributed by atoms with van der Waals surface area (Å²) in [4.78, 5) is 14.8. The van der Waals surface area contributed by atoms with Gasteiger partial charge in [-0.1, -0.05) is 12.1 Å². The van der Waals surface area contributed by atoms with E-state index in [-0.39, 0.29) is 23.7 Å². The highest BCUT2D eigenvalue weighted by molar-refractivity contribution is 7.89. The van der Waals surface area contributed by atoms with Crippen molar-refractivity contribution in [3.8, 4) is 5.75 Å². The minimum Gasteiger partial charge on any atom is -0.497 e. The third-order valence-corrected chi connectivity index (χ3v) is 5.16. The molecule has 0 bridgehead atoms. The fourth-order valence-corrected chi connectivity index (χ4v) is 3.48. The lowest BCUT2D eigenvalue weighted by Gasteiger charge is -2.08. The normalized spacial score (nSPS) is 11.7. The Labute approximate surface area is 138 Å². The van der Waals surface area contributed by atoms with E-state index < -0.39 is 10.0 Å². The van der Waals surface area contributed by atoms with E-state index >= 15 is 0 Å². The van der Waals surface area contributed by atoms with Gasteiger partial charge in [0.1, 0.15) is 5.75 Å². The number of para-hydroxylation sites is 2. The molecule has 24 heavy (non-hydrogen) atoms. The standard InChI is InChI=1S/C16H17N3O4S/c1-23-12-6-8-13(9-7-12)24(21,22)17-10-11-19-15-5-3-2-4-14(15)18-16(19)20/h2-9,17H,10-11H2,1H3,(H,18,20). The van der Waals surface area contributed by atoms with Crippen LogP contribution in [0.25, 0.3) is 11.0 Å². The number of H-pyrrole nitrogens is 1. The van der Waals surface area contributed by atoms with Crippen LogP contribution >= 0.6 is 0 Å². The first-order valence-electron chi connectivity index (χ1n) is 7.32. The zero-order valence-electron chi connectivity index (χ0n) is 13.0. The molecule has 0 fully saturated rings. The van der Waals surface area contributed by atoms with E-state index in [0.717, 1.165) is 11.0 Å². The van der Waals surface area contributed by atoms with Crippen LogP contribution < -0.4 is 15.1 Å². The fourth-order valence-electron chi connectivity index (χ4n) is 2.46. The van der Waals surface area contributed by atoms with Crippen molar-refractivity contribution in [2.45, 2.75) is 11.4 Å². The summed E-state index contributed by atoms with van der Waals surface area (Å²) in [5.74, 6) is 0.583. The van der Waals surface area contributed by atoms with Gasteiger partial charge in [0.15, 0.2) is 0 Å². The number of nitrogens with one attached hydrogen (secondary N) is 2. The summed E-state index contributed by atoms with van der Waals surface area (Å²) >= 11 is 0. The molecule has 0 amide bonds. The van der Waals surface area contributed by atoms with Gasteiger partial charge in [0.25, 0.3) is 0 Å². The summed E-state index contributed by atoms with van der Waals surface area (Å²) in [5, 5.41) is 0. The molecule has 3 rings (SSSR count). The van der Waals surface area contributed by atoms with Gasteiger partial charge in [-0.25, -0.2) is 17.9 Å². The fraction of sp³-hybridized carbons (Fsp3) is 0.188. The first-order chi connectivity index (χ1) is 11.5. The summed E-state index contributed by atoms with van der Waals surface area (Å²) in [6.45, 7) is 0.342. The number of imidazole rings is 1. The zero-order chi connectivity index (χ0) is 17.2. The van der Waals surface area contributed by atoms with Crippen molar-refractivity contribution < 1.29 is 13.2 Å². The van der Waals surface area contributed by atoms with Crippen LogP contribution in [0.3, 0.4) is 0 Å². The molecule has 126 valence electrons. The smallest absolute Gasteiger partial charge is 0.326 e. The Hall–Kier alpha value is -2.58.